The van der Waals surface area contributed by atoms with E-state index >= 15 is 0 Å². The lowest BCUT2D eigenvalue weighted by Gasteiger charge is -2.19. The smallest absolute Gasteiger partial charge is 0.229 e. The molecule has 0 aliphatic carbocycles. The first-order valence-corrected chi connectivity index (χ1v) is 6.21. The van der Waals surface area contributed by atoms with Crippen molar-refractivity contribution in [1.82, 2.24) is 0 Å². The maximum Gasteiger partial charge on any atom is 0.229 e. The summed E-state index contributed by atoms with van der Waals surface area (Å²) in [5.41, 5.74) is 6.17. The van der Waals surface area contributed by atoms with Gasteiger partial charge in [-0.25, -0.2) is 0 Å². The molecule has 0 aliphatic heterocycles. The van der Waals surface area contributed by atoms with Gasteiger partial charge in [-0.05, 0) is 24.1 Å². The van der Waals surface area contributed by atoms with Crippen molar-refractivity contribution < 1.29 is 9.53 Å². The lowest BCUT2D eigenvalue weighted by Crippen LogP contribution is -2.33. The average molecular weight is 271 g/mol. The molecule has 0 aliphatic rings. The fourth-order valence-corrected chi connectivity index (χ4v) is 1.86. The van der Waals surface area contributed by atoms with Crippen LogP contribution in [0.3, 0.4) is 0 Å². The van der Waals surface area contributed by atoms with Crippen molar-refractivity contribution in [2.45, 2.75) is 13.8 Å². The van der Waals surface area contributed by atoms with Gasteiger partial charge in [0.2, 0.25) is 5.91 Å². The van der Waals surface area contributed by atoms with Gasteiger partial charge in [0.15, 0.2) is 0 Å². The molecule has 0 heterocycles. The molecule has 0 aromatic heterocycles. The summed E-state index contributed by atoms with van der Waals surface area (Å²) in [6.45, 7) is 4.24. The summed E-state index contributed by atoms with van der Waals surface area (Å²) >= 11 is 5.90. The summed E-state index contributed by atoms with van der Waals surface area (Å²) in [6, 6.07) is 5.08. The Morgan fingerprint density at radius 1 is 1.50 bits per heavy atom. The lowest BCUT2D eigenvalue weighted by molar-refractivity contribution is -0.120. The van der Waals surface area contributed by atoms with E-state index in [4.69, 9.17) is 22.1 Å². The van der Waals surface area contributed by atoms with E-state index in [-0.39, 0.29) is 17.7 Å². The Morgan fingerprint density at radius 2 is 2.17 bits per heavy atom. The maximum atomic E-state index is 12.1. The molecule has 1 aromatic rings. The number of hydrogen-bond donors (Lipinski definition) is 2. The largest absolute Gasteiger partial charge is 0.495 e. The summed E-state index contributed by atoms with van der Waals surface area (Å²) < 4.78 is 5.17. The number of amides is 1. The minimum atomic E-state index is -0.228. The Kier molecular flexibility index (Phi) is 5.44. The van der Waals surface area contributed by atoms with E-state index in [1.165, 1.54) is 0 Å². The number of ether oxygens (including phenoxy) is 1. The SMILES string of the molecule is COc1ccc(Cl)cc1NC(=O)C(CN)C(C)C. The van der Waals surface area contributed by atoms with Crippen LogP contribution in [0, 0.1) is 11.8 Å². The van der Waals surface area contributed by atoms with Gasteiger partial charge < -0.3 is 15.8 Å². The molecule has 4 nitrogen and oxygen atoms in total. The number of carbonyl (C=O) groups excluding carboxylic acids is 1. The third-order valence-corrected chi connectivity index (χ3v) is 3.05. The Bertz CT molecular complexity index is 421. The molecule has 0 saturated heterocycles. The number of rotatable bonds is 5. The van der Waals surface area contributed by atoms with Crippen LogP contribution in [-0.4, -0.2) is 19.6 Å². The van der Waals surface area contributed by atoms with Crippen LogP contribution in [0.5, 0.6) is 5.75 Å². The van der Waals surface area contributed by atoms with E-state index in [1.54, 1.807) is 25.3 Å². The van der Waals surface area contributed by atoms with E-state index in [0.29, 0.717) is 23.0 Å². The number of methoxy groups -OCH3 is 1. The van der Waals surface area contributed by atoms with Gasteiger partial charge in [0.05, 0.1) is 18.7 Å². The van der Waals surface area contributed by atoms with Crippen LogP contribution >= 0.6 is 11.6 Å². The zero-order chi connectivity index (χ0) is 13.7. The predicted molar refractivity (Wildman–Crippen MR) is 74.0 cm³/mol. The van der Waals surface area contributed by atoms with Crippen LogP contribution in [0.2, 0.25) is 5.02 Å². The topological polar surface area (TPSA) is 64.3 Å². The van der Waals surface area contributed by atoms with Gasteiger partial charge in [-0.1, -0.05) is 25.4 Å². The number of carbonyl (C=O) groups is 1. The molecule has 0 spiro atoms. The lowest BCUT2D eigenvalue weighted by atomic mass is 9.95. The van der Waals surface area contributed by atoms with Crippen molar-refractivity contribution in [3.8, 4) is 5.75 Å². The molecule has 1 rings (SSSR count). The minimum absolute atomic E-state index is 0.118. The number of hydrogen-bond acceptors (Lipinski definition) is 3. The molecule has 18 heavy (non-hydrogen) atoms. The van der Waals surface area contributed by atoms with Crippen LogP contribution in [0.4, 0.5) is 5.69 Å². The fourth-order valence-electron chi connectivity index (χ4n) is 1.69. The quantitative estimate of drug-likeness (QED) is 0.864. The fraction of sp³-hybridized carbons (Fsp3) is 0.462. The standard InChI is InChI=1S/C13H19ClN2O2/c1-8(2)10(7-15)13(17)16-11-6-9(14)4-5-12(11)18-3/h4-6,8,10H,7,15H2,1-3H3,(H,16,17). The Balaban J connectivity index is 2.89. The molecular weight excluding hydrogens is 252 g/mol. The van der Waals surface area contributed by atoms with Crippen molar-refractivity contribution in [1.29, 1.82) is 0 Å². The van der Waals surface area contributed by atoms with Crippen molar-refractivity contribution in [2.75, 3.05) is 19.0 Å². The van der Waals surface area contributed by atoms with Gasteiger partial charge in [-0.3, -0.25) is 4.79 Å². The van der Waals surface area contributed by atoms with Crippen LogP contribution in [-0.2, 0) is 4.79 Å². The summed E-state index contributed by atoms with van der Waals surface area (Å²) in [5, 5.41) is 3.35. The highest BCUT2D eigenvalue weighted by molar-refractivity contribution is 6.31. The second-order valence-electron chi connectivity index (χ2n) is 4.42. The second-order valence-corrected chi connectivity index (χ2v) is 4.86. The van der Waals surface area contributed by atoms with Gasteiger partial charge in [0, 0.05) is 11.6 Å². The van der Waals surface area contributed by atoms with Crippen molar-refractivity contribution >= 4 is 23.2 Å². The molecule has 100 valence electrons. The minimum Gasteiger partial charge on any atom is -0.495 e. The third kappa shape index (κ3) is 3.62. The molecular formula is C13H19ClN2O2. The van der Waals surface area contributed by atoms with Crippen LogP contribution in [0.15, 0.2) is 18.2 Å². The van der Waals surface area contributed by atoms with E-state index in [1.807, 2.05) is 13.8 Å². The molecule has 0 fully saturated rings. The molecule has 5 heteroatoms. The molecule has 1 atom stereocenters. The van der Waals surface area contributed by atoms with Gasteiger partial charge in [-0.15, -0.1) is 0 Å². The van der Waals surface area contributed by atoms with Crippen molar-refractivity contribution in [3.63, 3.8) is 0 Å². The molecule has 3 N–H and O–H groups in total. The summed E-state index contributed by atoms with van der Waals surface area (Å²) in [4.78, 5) is 12.1. The number of benzene rings is 1. The predicted octanol–water partition coefficient (Wildman–Crippen LogP) is 2.52. The van der Waals surface area contributed by atoms with Crippen LogP contribution in [0.1, 0.15) is 13.8 Å². The van der Waals surface area contributed by atoms with E-state index in [2.05, 4.69) is 5.32 Å². The Morgan fingerprint density at radius 3 is 2.67 bits per heavy atom. The highest BCUT2D eigenvalue weighted by Crippen LogP contribution is 2.28. The molecule has 1 aromatic carbocycles. The number of halogens is 1. The van der Waals surface area contributed by atoms with Crippen LogP contribution in [0.25, 0.3) is 0 Å². The maximum absolute atomic E-state index is 12.1. The first-order valence-electron chi connectivity index (χ1n) is 5.84. The van der Waals surface area contributed by atoms with E-state index in [9.17, 15) is 4.79 Å². The monoisotopic (exact) mass is 270 g/mol. The number of anilines is 1. The molecule has 1 unspecified atom stereocenters. The number of nitrogens with one attached hydrogen (secondary N) is 1. The van der Waals surface area contributed by atoms with Crippen molar-refractivity contribution in [2.24, 2.45) is 17.6 Å². The average Bonchev–Trinajstić information content (AvgIpc) is 2.29. The summed E-state index contributed by atoms with van der Waals surface area (Å²) in [5.74, 6) is 0.411. The highest BCUT2D eigenvalue weighted by atomic mass is 35.5. The summed E-state index contributed by atoms with van der Waals surface area (Å²) in [7, 11) is 1.54. The molecule has 0 radical (unpaired) electrons. The van der Waals surface area contributed by atoms with Gasteiger partial charge in [0.1, 0.15) is 5.75 Å². The molecule has 0 bridgehead atoms. The van der Waals surface area contributed by atoms with Crippen LogP contribution < -0.4 is 15.8 Å². The molecule has 1 amide bonds. The van der Waals surface area contributed by atoms with E-state index < -0.39 is 0 Å². The zero-order valence-electron chi connectivity index (χ0n) is 10.9. The normalized spacial score (nSPS) is 12.3. The second kappa shape index (κ2) is 6.61. The van der Waals surface area contributed by atoms with Gasteiger partial charge in [0.25, 0.3) is 0 Å². The zero-order valence-corrected chi connectivity index (χ0v) is 11.6. The Labute approximate surface area is 112 Å². The Hall–Kier alpha value is -1.26. The van der Waals surface area contributed by atoms with Crippen molar-refractivity contribution in [3.05, 3.63) is 23.2 Å². The highest BCUT2D eigenvalue weighted by Gasteiger charge is 2.21. The van der Waals surface area contributed by atoms with Gasteiger partial charge in [-0.2, -0.15) is 0 Å². The summed E-state index contributed by atoms with van der Waals surface area (Å²) in [6.07, 6.45) is 0. The van der Waals surface area contributed by atoms with E-state index in [0.717, 1.165) is 0 Å². The molecule has 0 saturated carbocycles. The first-order chi connectivity index (χ1) is 8.49. The van der Waals surface area contributed by atoms with Gasteiger partial charge >= 0.3 is 0 Å². The first kappa shape index (κ1) is 14.8. The number of nitrogens with two attached hydrogens (primary N) is 1. The third-order valence-electron chi connectivity index (χ3n) is 2.81.